The Kier molecular flexibility index (Phi) is 4.78. The molecule has 0 saturated heterocycles. The lowest BCUT2D eigenvalue weighted by Crippen LogP contribution is -2.30. The van der Waals surface area contributed by atoms with E-state index in [0.717, 1.165) is 22.2 Å². The monoisotopic (exact) mass is 339 g/mol. The molecule has 4 N–H and O–H groups in total. The molecule has 0 fully saturated rings. The third-order valence-electron chi connectivity index (χ3n) is 3.99. The first-order chi connectivity index (χ1) is 12.1. The van der Waals surface area contributed by atoms with Crippen LogP contribution < -0.4 is 11.1 Å². The summed E-state index contributed by atoms with van der Waals surface area (Å²) in [5.74, 6) is 0.976. The normalized spacial score (nSPS) is 10.8. The lowest BCUT2D eigenvalue weighted by molar-refractivity contribution is -0.129. The topological polar surface area (TPSA) is 113 Å². The second-order valence-corrected chi connectivity index (χ2v) is 5.73. The summed E-state index contributed by atoms with van der Waals surface area (Å²) in [5, 5.41) is 11.0. The summed E-state index contributed by atoms with van der Waals surface area (Å²) in [7, 11) is 1.79. The number of aromatic amines is 1. The quantitative estimate of drug-likeness (QED) is 0.632. The first-order valence-corrected chi connectivity index (χ1v) is 8.13. The summed E-state index contributed by atoms with van der Waals surface area (Å²) in [6, 6.07) is 7.77. The van der Waals surface area contributed by atoms with Crippen LogP contribution >= 0.6 is 0 Å². The lowest BCUT2D eigenvalue weighted by atomic mass is 10.1. The maximum Gasteiger partial charge on any atom is 0.222 e. The molecule has 8 nitrogen and oxygen atoms in total. The fraction of sp³-hybridized carbons (Fsp3) is 0.294. The first kappa shape index (κ1) is 16.7. The minimum absolute atomic E-state index is 0.109. The summed E-state index contributed by atoms with van der Waals surface area (Å²) in [6.07, 6.45) is 2.20. The van der Waals surface area contributed by atoms with Gasteiger partial charge in [0.05, 0.1) is 11.2 Å². The molecule has 0 atom stereocenters. The van der Waals surface area contributed by atoms with E-state index in [-0.39, 0.29) is 11.9 Å². The van der Waals surface area contributed by atoms with Crippen molar-refractivity contribution in [2.24, 2.45) is 0 Å². The van der Waals surface area contributed by atoms with Crippen LogP contribution in [0.1, 0.15) is 13.3 Å². The Hall–Kier alpha value is -3.16. The van der Waals surface area contributed by atoms with E-state index >= 15 is 0 Å². The summed E-state index contributed by atoms with van der Waals surface area (Å²) >= 11 is 0. The third-order valence-corrected chi connectivity index (χ3v) is 3.99. The van der Waals surface area contributed by atoms with Crippen molar-refractivity contribution in [2.75, 3.05) is 31.2 Å². The van der Waals surface area contributed by atoms with Crippen molar-refractivity contribution in [3.05, 3.63) is 30.5 Å². The Bertz CT molecular complexity index is 876. The molecule has 0 unspecified atom stereocenters. The number of nitrogens with zero attached hydrogens (tertiary/aromatic N) is 4. The standard InChI is InChI=1S/C17H21N7O/c1-3-15(25)24(2)9-8-19-16-12-5-4-11(13-6-7-20-23-13)10-14(12)21-17(18)22-16/h4-7,10H,3,8-9H2,1-2H3,(H,20,23)(H3,18,19,21,22). The molecule has 1 amide bonds. The number of benzene rings is 1. The summed E-state index contributed by atoms with van der Waals surface area (Å²) in [6.45, 7) is 3.02. The highest BCUT2D eigenvalue weighted by Crippen LogP contribution is 2.26. The zero-order chi connectivity index (χ0) is 17.8. The molecule has 1 aromatic carbocycles. The summed E-state index contributed by atoms with van der Waals surface area (Å²) < 4.78 is 0. The van der Waals surface area contributed by atoms with E-state index in [2.05, 4.69) is 25.5 Å². The van der Waals surface area contributed by atoms with Crippen LogP contribution in [0.15, 0.2) is 30.5 Å². The lowest BCUT2D eigenvalue weighted by Gasteiger charge is -2.17. The van der Waals surface area contributed by atoms with E-state index in [4.69, 9.17) is 5.73 Å². The predicted molar refractivity (Wildman–Crippen MR) is 97.9 cm³/mol. The number of nitrogens with one attached hydrogen (secondary N) is 2. The number of amides is 1. The van der Waals surface area contributed by atoms with Gasteiger partial charge in [0.1, 0.15) is 5.82 Å². The van der Waals surface area contributed by atoms with Crippen LogP contribution in [0.5, 0.6) is 0 Å². The average Bonchev–Trinajstić information content (AvgIpc) is 3.14. The van der Waals surface area contributed by atoms with Crippen LogP contribution in [0.3, 0.4) is 0 Å². The number of aromatic nitrogens is 4. The van der Waals surface area contributed by atoms with Crippen LogP contribution in [0.2, 0.25) is 0 Å². The largest absolute Gasteiger partial charge is 0.368 e. The van der Waals surface area contributed by atoms with Gasteiger partial charge in [0, 0.05) is 43.7 Å². The van der Waals surface area contributed by atoms with Crippen molar-refractivity contribution in [2.45, 2.75) is 13.3 Å². The fourth-order valence-electron chi connectivity index (χ4n) is 2.60. The van der Waals surface area contributed by atoms with E-state index in [0.29, 0.717) is 25.3 Å². The zero-order valence-corrected chi connectivity index (χ0v) is 14.3. The Balaban J connectivity index is 1.82. The molecular formula is C17H21N7O. The fourth-order valence-corrected chi connectivity index (χ4v) is 2.60. The molecule has 3 rings (SSSR count). The minimum Gasteiger partial charge on any atom is -0.368 e. The molecule has 0 saturated carbocycles. The predicted octanol–water partition coefficient (Wildman–Crippen LogP) is 1.88. The van der Waals surface area contributed by atoms with Crippen LogP contribution in [0, 0.1) is 0 Å². The van der Waals surface area contributed by atoms with Crippen molar-refractivity contribution in [1.29, 1.82) is 0 Å². The van der Waals surface area contributed by atoms with Crippen LogP contribution in [0.25, 0.3) is 22.2 Å². The number of rotatable bonds is 6. The highest BCUT2D eigenvalue weighted by Gasteiger charge is 2.10. The Morgan fingerprint density at radius 2 is 2.16 bits per heavy atom. The van der Waals surface area contributed by atoms with Crippen molar-refractivity contribution in [3.8, 4) is 11.3 Å². The van der Waals surface area contributed by atoms with Gasteiger partial charge in [0.2, 0.25) is 11.9 Å². The number of hydrogen-bond acceptors (Lipinski definition) is 6. The Morgan fingerprint density at radius 3 is 2.88 bits per heavy atom. The third kappa shape index (κ3) is 3.68. The van der Waals surface area contributed by atoms with Crippen molar-refractivity contribution in [3.63, 3.8) is 0 Å². The van der Waals surface area contributed by atoms with E-state index in [1.807, 2.05) is 31.2 Å². The van der Waals surface area contributed by atoms with Crippen molar-refractivity contribution < 1.29 is 4.79 Å². The van der Waals surface area contributed by atoms with Crippen molar-refractivity contribution in [1.82, 2.24) is 25.1 Å². The van der Waals surface area contributed by atoms with Gasteiger partial charge < -0.3 is 16.0 Å². The maximum atomic E-state index is 11.6. The van der Waals surface area contributed by atoms with Gasteiger partial charge in [-0.3, -0.25) is 9.89 Å². The van der Waals surface area contributed by atoms with E-state index in [1.165, 1.54) is 0 Å². The number of carbonyl (C=O) groups is 1. The average molecular weight is 339 g/mol. The Morgan fingerprint density at radius 1 is 1.32 bits per heavy atom. The number of fused-ring (bicyclic) bond motifs is 1. The molecule has 8 heteroatoms. The van der Waals surface area contributed by atoms with Gasteiger partial charge in [0.25, 0.3) is 0 Å². The molecule has 2 aromatic heterocycles. The number of H-pyrrole nitrogens is 1. The van der Waals surface area contributed by atoms with Crippen LogP contribution in [-0.2, 0) is 4.79 Å². The van der Waals surface area contributed by atoms with Gasteiger partial charge in [-0.05, 0) is 18.2 Å². The Labute approximate surface area is 145 Å². The number of carbonyl (C=O) groups excluding carboxylic acids is 1. The highest BCUT2D eigenvalue weighted by molar-refractivity contribution is 5.92. The molecule has 0 aliphatic rings. The molecule has 0 spiro atoms. The number of nitrogen functional groups attached to an aromatic ring is 1. The summed E-state index contributed by atoms with van der Waals surface area (Å²) in [4.78, 5) is 21.9. The molecule has 3 aromatic rings. The SMILES string of the molecule is CCC(=O)N(C)CCNc1nc(N)nc2cc(-c3ccn[nH]3)ccc12. The van der Waals surface area contributed by atoms with Crippen molar-refractivity contribution >= 4 is 28.6 Å². The van der Waals surface area contributed by atoms with Gasteiger partial charge in [-0.15, -0.1) is 0 Å². The minimum atomic E-state index is 0.109. The van der Waals surface area contributed by atoms with E-state index in [1.54, 1.807) is 18.1 Å². The number of likely N-dealkylation sites (N-methyl/N-ethyl adjacent to an activating group) is 1. The van der Waals surface area contributed by atoms with Crippen LogP contribution in [0.4, 0.5) is 11.8 Å². The van der Waals surface area contributed by atoms with Gasteiger partial charge >= 0.3 is 0 Å². The molecular weight excluding hydrogens is 318 g/mol. The molecule has 2 heterocycles. The van der Waals surface area contributed by atoms with Gasteiger partial charge in [-0.1, -0.05) is 13.0 Å². The van der Waals surface area contributed by atoms with E-state index < -0.39 is 0 Å². The number of hydrogen-bond donors (Lipinski definition) is 3. The first-order valence-electron chi connectivity index (χ1n) is 8.13. The number of nitrogens with two attached hydrogens (primary N) is 1. The second kappa shape index (κ2) is 7.16. The molecule has 0 radical (unpaired) electrons. The highest BCUT2D eigenvalue weighted by atomic mass is 16.2. The summed E-state index contributed by atoms with van der Waals surface area (Å²) in [5.41, 5.74) is 8.48. The van der Waals surface area contributed by atoms with Crippen LogP contribution in [-0.4, -0.2) is 51.1 Å². The smallest absolute Gasteiger partial charge is 0.222 e. The van der Waals surface area contributed by atoms with Gasteiger partial charge in [-0.2, -0.15) is 10.1 Å². The molecule has 0 aliphatic heterocycles. The molecule has 25 heavy (non-hydrogen) atoms. The van der Waals surface area contributed by atoms with Gasteiger partial charge in [0.15, 0.2) is 0 Å². The van der Waals surface area contributed by atoms with E-state index in [9.17, 15) is 4.79 Å². The second-order valence-electron chi connectivity index (χ2n) is 5.73. The van der Waals surface area contributed by atoms with Gasteiger partial charge in [-0.25, -0.2) is 4.98 Å². The zero-order valence-electron chi connectivity index (χ0n) is 14.3. The maximum absolute atomic E-state index is 11.6. The number of anilines is 2. The molecule has 130 valence electrons. The molecule has 0 bridgehead atoms. The molecule has 0 aliphatic carbocycles.